The van der Waals surface area contributed by atoms with E-state index < -0.39 is 0 Å². The first kappa shape index (κ1) is 11.2. The summed E-state index contributed by atoms with van der Waals surface area (Å²) in [6.07, 6.45) is 1.85. The Morgan fingerprint density at radius 3 is 2.89 bits per heavy atom. The third-order valence-electron chi connectivity index (χ3n) is 3.11. The molecule has 0 amide bonds. The molecule has 0 unspecified atom stereocenters. The summed E-state index contributed by atoms with van der Waals surface area (Å²) in [5, 5.41) is 3.38. The van der Waals surface area contributed by atoms with Crippen molar-refractivity contribution in [2.75, 3.05) is 0 Å². The van der Waals surface area contributed by atoms with Crippen LogP contribution in [-0.4, -0.2) is 4.57 Å². The van der Waals surface area contributed by atoms with Crippen LogP contribution in [0.4, 0.5) is 0 Å². The van der Waals surface area contributed by atoms with Crippen LogP contribution >= 0.6 is 11.3 Å². The quantitative estimate of drug-likeness (QED) is 0.687. The van der Waals surface area contributed by atoms with E-state index in [1.54, 1.807) is 15.9 Å². The highest BCUT2D eigenvalue weighted by atomic mass is 32.1. The van der Waals surface area contributed by atoms with E-state index in [1.165, 1.54) is 15.6 Å². The topological polar surface area (TPSA) is 22.0 Å². The number of fused-ring (bicyclic) bond motifs is 1. The third kappa shape index (κ3) is 1.87. The van der Waals surface area contributed by atoms with Gasteiger partial charge in [0.25, 0.3) is 5.56 Å². The van der Waals surface area contributed by atoms with Crippen molar-refractivity contribution >= 4 is 21.4 Å². The molecule has 2 aromatic heterocycles. The highest BCUT2D eigenvalue weighted by Crippen LogP contribution is 2.25. The number of aryl methyl sites for hydroxylation is 1. The maximum atomic E-state index is 12.0. The Hall–Kier alpha value is -1.87. The van der Waals surface area contributed by atoms with Crippen LogP contribution in [0.2, 0.25) is 0 Å². The lowest BCUT2D eigenvalue weighted by atomic mass is 10.2. The Morgan fingerprint density at radius 2 is 2.00 bits per heavy atom. The van der Waals surface area contributed by atoms with E-state index in [-0.39, 0.29) is 5.56 Å². The molecule has 90 valence electrons. The van der Waals surface area contributed by atoms with Crippen LogP contribution < -0.4 is 5.56 Å². The van der Waals surface area contributed by atoms with Crippen molar-refractivity contribution < 1.29 is 0 Å². The zero-order valence-electron chi connectivity index (χ0n) is 10.1. The first-order chi connectivity index (χ1) is 8.75. The Balaban J connectivity index is 2.07. The van der Waals surface area contributed by atoms with Crippen LogP contribution in [0.25, 0.3) is 10.1 Å². The smallest absolute Gasteiger partial charge is 0.253 e. The van der Waals surface area contributed by atoms with Crippen molar-refractivity contribution in [3.63, 3.8) is 0 Å². The van der Waals surface area contributed by atoms with Gasteiger partial charge in [-0.05, 0) is 35.4 Å². The van der Waals surface area contributed by atoms with Gasteiger partial charge in [0.05, 0.1) is 6.54 Å². The molecule has 0 aliphatic carbocycles. The lowest BCUT2D eigenvalue weighted by Crippen LogP contribution is -2.21. The second-order valence-corrected chi connectivity index (χ2v) is 5.29. The number of nitrogens with zero attached hydrogens (tertiary/aromatic N) is 1. The number of thiophene rings is 1. The molecule has 3 aromatic rings. The molecule has 0 aliphatic heterocycles. The molecular formula is C15H13NOS. The Morgan fingerprint density at radius 1 is 1.17 bits per heavy atom. The van der Waals surface area contributed by atoms with Gasteiger partial charge in [-0.3, -0.25) is 4.79 Å². The minimum Gasteiger partial charge on any atom is -0.311 e. The van der Waals surface area contributed by atoms with Gasteiger partial charge in [0, 0.05) is 16.5 Å². The van der Waals surface area contributed by atoms with Gasteiger partial charge in [-0.1, -0.05) is 24.3 Å². The van der Waals surface area contributed by atoms with Crippen LogP contribution in [0.3, 0.4) is 0 Å². The van der Waals surface area contributed by atoms with E-state index in [0.29, 0.717) is 6.54 Å². The van der Waals surface area contributed by atoms with Gasteiger partial charge in [0.2, 0.25) is 0 Å². The molecule has 0 spiro atoms. The van der Waals surface area contributed by atoms with Gasteiger partial charge in [0.15, 0.2) is 0 Å². The molecule has 1 aromatic carbocycles. The van der Waals surface area contributed by atoms with Gasteiger partial charge in [-0.15, -0.1) is 11.3 Å². The van der Waals surface area contributed by atoms with Crippen LogP contribution in [0.1, 0.15) is 11.1 Å². The zero-order chi connectivity index (χ0) is 12.5. The van der Waals surface area contributed by atoms with Crippen molar-refractivity contribution in [2.24, 2.45) is 0 Å². The highest BCUT2D eigenvalue weighted by Gasteiger charge is 2.05. The molecule has 0 atom stereocenters. The number of rotatable bonds is 2. The normalized spacial score (nSPS) is 10.9. The largest absolute Gasteiger partial charge is 0.311 e. The summed E-state index contributed by atoms with van der Waals surface area (Å²) in [4.78, 5) is 12.0. The van der Waals surface area contributed by atoms with Gasteiger partial charge in [-0.25, -0.2) is 0 Å². The van der Waals surface area contributed by atoms with Crippen LogP contribution in [0.5, 0.6) is 0 Å². The Bertz CT molecular complexity index is 754. The van der Waals surface area contributed by atoms with E-state index in [4.69, 9.17) is 0 Å². The number of benzene rings is 1. The lowest BCUT2D eigenvalue weighted by Gasteiger charge is -2.05. The fraction of sp³-hybridized carbons (Fsp3) is 0.133. The van der Waals surface area contributed by atoms with Crippen molar-refractivity contribution in [1.29, 1.82) is 0 Å². The molecule has 0 fully saturated rings. The SMILES string of the molecule is Cc1cccn(Cc2csc3ccccc23)c1=O. The molecule has 3 heteroatoms. The summed E-state index contributed by atoms with van der Waals surface area (Å²) in [7, 11) is 0. The number of pyridine rings is 1. The fourth-order valence-corrected chi connectivity index (χ4v) is 3.07. The summed E-state index contributed by atoms with van der Waals surface area (Å²) in [6, 6.07) is 12.1. The fourth-order valence-electron chi connectivity index (χ4n) is 2.12. The summed E-state index contributed by atoms with van der Waals surface area (Å²) in [6.45, 7) is 2.50. The van der Waals surface area contributed by atoms with Crippen LogP contribution in [0, 0.1) is 6.92 Å². The molecular weight excluding hydrogens is 242 g/mol. The van der Waals surface area contributed by atoms with Crippen molar-refractivity contribution in [3.8, 4) is 0 Å². The van der Waals surface area contributed by atoms with E-state index in [9.17, 15) is 4.79 Å². The molecule has 2 heterocycles. The first-order valence-electron chi connectivity index (χ1n) is 5.87. The maximum Gasteiger partial charge on any atom is 0.253 e. The molecule has 0 bridgehead atoms. The van der Waals surface area contributed by atoms with Crippen molar-refractivity contribution in [3.05, 3.63) is 69.5 Å². The Labute approximate surface area is 109 Å². The maximum absolute atomic E-state index is 12.0. The highest BCUT2D eigenvalue weighted by molar-refractivity contribution is 7.17. The summed E-state index contributed by atoms with van der Waals surface area (Å²) >= 11 is 1.73. The predicted octanol–water partition coefficient (Wildman–Crippen LogP) is 3.42. The van der Waals surface area contributed by atoms with E-state index in [1.807, 2.05) is 37.4 Å². The van der Waals surface area contributed by atoms with E-state index >= 15 is 0 Å². The van der Waals surface area contributed by atoms with Crippen LogP contribution in [-0.2, 0) is 6.54 Å². The second kappa shape index (κ2) is 4.42. The molecule has 3 rings (SSSR count). The number of aromatic nitrogens is 1. The summed E-state index contributed by atoms with van der Waals surface area (Å²) in [5.74, 6) is 0. The molecule has 0 saturated carbocycles. The molecule has 18 heavy (non-hydrogen) atoms. The predicted molar refractivity (Wildman–Crippen MR) is 76.4 cm³/mol. The molecule has 0 radical (unpaired) electrons. The van der Waals surface area contributed by atoms with Crippen molar-refractivity contribution in [1.82, 2.24) is 4.57 Å². The minimum atomic E-state index is 0.0905. The van der Waals surface area contributed by atoms with Crippen molar-refractivity contribution in [2.45, 2.75) is 13.5 Å². The van der Waals surface area contributed by atoms with Gasteiger partial charge >= 0.3 is 0 Å². The summed E-state index contributed by atoms with van der Waals surface area (Å²) < 4.78 is 3.04. The average Bonchev–Trinajstić information content (AvgIpc) is 2.79. The average molecular weight is 255 g/mol. The Kier molecular flexibility index (Phi) is 2.76. The standard InChI is InChI=1S/C15H13NOS/c1-11-5-4-8-16(15(11)17)9-12-10-18-14-7-3-2-6-13(12)14/h2-8,10H,9H2,1H3. The van der Waals surface area contributed by atoms with Gasteiger partial charge in [0.1, 0.15) is 0 Å². The van der Waals surface area contributed by atoms with Gasteiger partial charge < -0.3 is 4.57 Å². The first-order valence-corrected chi connectivity index (χ1v) is 6.75. The van der Waals surface area contributed by atoms with E-state index in [2.05, 4.69) is 17.5 Å². The third-order valence-corrected chi connectivity index (χ3v) is 4.12. The lowest BCUT2D eigenvalue weighted by molar-refractivity contribution is 0.758. The zero-order valence-corrected chi connectivity index (χ0v) is 10.9. The van der Waals surface area contributed by atoms with E-state index in [0.717, 1.165) is 5.56 Å². The number of hydrogen-bond acceptors (Lipinski definition) is 2. The minimum absolute atomic E-state index is 0.0905. The number of hydrogen-bond donors (Lipinski definition) is 0. The summed E-state index contributed by atoms with van der Waals surface area (Å²) in [5.41, 5.74) is 2.09. The van der Waals surface area contributed by atoms with Crippen LogP contribution in [0.15, 0.2) is 52.8 Å². The molecule has 0 N–H and O–H groups in total. The molecule has 0 aliphatic rings. The van der Waals surface area contributed by atoms with Gasteiger partial charge in [-0.2, -0.15) is 0 Å². The second-order valence-electron chi connectivity index (χ2n) is 4.38. The monoisotopic (exact) mass is 255 g/mol. The molecule has 2 nitrogen and oxygen atoms in total. The molecule has 0 saturated heterocycles.